The molecule has 0 spiro atoms. The number of hydrogen-bond donors (Lipinski definition) is 1. The summed E-state index contributed by atoms with van der Waals surface area (Å²) < 4.78 is 73.8. The number of halogens is 5. The summed E-state index contributed by atoms with van der Waals surface area (Å²) in [5.74, 6) is -1.35. The number of hydrogen-bond acceptors (Lipinski definition) is 8. The van der Waals surface area contributed by atoms with Gasteiger partial charge in [-0.25, -0.2) is 27.5 Å². The molecule has 0 aliphatic carbocycles. The third kappa shape index (κ3) is 8.67. The number of benzene rings is 2. The molecule has 0 atom stereocenters. The zero-order chi connectivity index (χ0) is 35.3. The molecule has 0 unspecified atom stereocenters. The van der Waals surface area contributed by atoms with E-state index in [2.05, 4.69) is 54.2 Å². The molecule has 0 aliphatic rings. The average Bonchev–Trinajstić information content (AvgIpc) is 3.41. The van der Waals surface area contributed by atoms with Gasteiger partial charge in [0.05, 0.1) is 35.6 Å². The smallest absolute Gasteiger partial charge is 0.272 e. The third-order valence-electron chi connectivity index (χ3n) is 8.26. The second-order valence-electron chi connectivity index (χ2n) is 12.8. The topological polar surface area (TPSA) is 96.2 Å². The van der Waals surface area contributed by atoms with Crippen LogP contribution in [0.15, 0.2) is 61.1 Å². The Kier molecular flexibility index (Phi) is 11.1. The first kappa shape index (κ1) is 36.0. The number of anilines is 2. The molecule has 0 saturated heterocycles. The maximum atomic E-state index is 15.0. The van der Waals surface area contributed by atoms with Crippen LogP contribution in [0.5, 0.6) is 11.5 Å². The lowest BCUT2D eigenvalue weighted by Gasteiger charge is -2.36. The molecule has 5 aromatic rings. The van der Waals surface area contributed by atoms with Gasteiger partial charge in [-0.05, 0) is 30.3 Å². The molecule has 0 radical (unpaired) electrons. The molecule has 5 rings (SSSR count). The highest BCUT2D eigenvalue weighted by Crippen LogP contribution is 2.37. The van der Waals surface area contributed by atoms with Crippen molar-refractivity contribution in [1.82, 2.24) is 24.7 Å². The fraction of sp³-hybridized carbons (Fsp3) is 0.353. The summed E-state index contributed by atoms with van der Waals surface area (Å²) in [6.45, 7) is 10.6. The lowest BCUT2D eigenvalue weighted by molar-refractivity contribution is 0.0815. The lowest BCUT2D eigenvalue weighted by Crippen LogP contribution is -2.41. The number of alkyl halides is 2. The van der Waals surface area contributed by atoms with Crippen LogP contribution in [-0.4, -0.2) is 59.3 Å². The highest BCUT2D eigenvalue weighted by atomic mass is 35.5. The van der Waals surface area contributed by atoms with Gasteiger partial charge in [-0.1, -0.05) is 50.6 Å². The van der Waals surface area contributed by atoms with Gasteiger partial charge >= 0.3 is 0 Å². The van der Waals surface area contributed by atoms with Crippen molar-refractivity contribution in [3.8, 4) is 23.0 Å². The number of pyridine rings is 1. The SMILES string of the molecule is CC(C)(C)[Si](C)(C)OCCCOc1cnc(-c2nn(Cc3c(F)cc(OCC(F)F)cc3F)c3ccccc23)nc1Nc1ccncc1Cl. The van der Waals surface area contributed by atoms with Gasteiger partial charge in [-0.3, -0.25) is 9.67 Å². The van der Waals surface area contributed by atoms with Gasteiger partial charge in [0.2, 0.25) is 0 Å². The normalized spacial score (nSPS) is 12.1. The quantitative estimate of drug-likeness (QED) is 0.0691. The molecule has 3 aromatic heterocycles. The molecule has 2 aromatic carbocycles. The second-order valence-corrected chi connectivity index (χ2v) is 18.0. The second kappa shape index (κ2) is 15.1. The summed E-state index contributed by atoms with van der Waals surface area (Å²) in [7, 11) is -1.90. The molecule has 260 valence electrons. The Labute approximate surface area is 287 Å². The van der Waals surface area contributed by atoms with Crippen molar-refractivity contribution in [2.24, 2.45) is 0 Å². The maximum Gasteiger partial charge on any atom is 0.272 e. The Morgan fingerprint density at radius 3 is 2.43 bits per heavy atom. The van der Waals surface area contributed by atoms with Crippen LogP contribution in [0.25, 0.3) is 22.4 Å². The first-order valence-corrected chi connectivity index (χ1v) is 18.9. The number of nitrogens with one attached hydrogen (secondary N) is 1. The van der Waals surface area contributed by atoms with Crippen LogP contribution in [0.1, 0.15) is 32.8 Å². The Morgan fingerprint density at radius 2 is 1.73 bits per heavy atom. The first-order chi connectivity index (χ1) is 23.2. The lowest BCUT2D eigenvalue weighted by atomic mass is 10.1. The van der Waals surface area contributed by atoms with E-state index >= 15 is 8.78 Å². The standard InChI is InChI=1S/C34H37ClF4N6O3Si/c1-34(2,3)49(4,5)48-14-8-13-46-29-18-41-33(43-32(29)42-27-11-12-40-17-24(27)35)31-22-9-6-7-10-28(22)45(44-31)19-23-25(36)15-21(16-26(23)37)47-20-30(38)39/h6-7,9-12,15-18,30H,8,13-14,19-20H2,1-5H3,(H,40,41,42,43). The molecule has 1 N–H and O–H groups in total. The van der Waals surface area contributed by atoms with Crippen molar-refractivity contribution in [3.05, 3.63) is 83.3 Å². The third-order valence-corrected chi connectivity index (χ3v) is 13.1. The van der Waals surface area contributed by atoms with Crippen molar-refractivity contribution in [3.63, 3.8) is 0 Å². The number of nitrogens with zero attached hydrogens (tertiary/aromatic N) is 5. The van der Waals surface area contributed by atoms with Crippen molar-refractivity contribution < 1.29 is 31.5 Å². The van der Waals surface area contributed by atoms with E-state index in [1.54, 1.807) is 36.5 Å². The highest BCUT2D eigenvalue weighted by Gasteiger charge is 2.36. The van der Waals surface area contributed by atoms with Crippen LogP contribution >= 0.6 is 11.6 Å². The van der Waals surface area contributed by atoms with Gasteiger partial charge in [0.15, 0.2) is 25.7 Å². The molecular weight excluding hydrogens is 680 g/mol. The van der Waals surface area contributed by atoms with Gasteiger partial charge in [0, 0.05) is 48.5 Å². The van der Waals surface area contributed by atoms with E-state index < -0.39 is 33.0 Å². The van der Waals surface area contributed by atoms with E-state index in [0.717, 1.165) is 12.1 Å². The molecule has 3 heterocycles. The predicted octanol–water partition coefficient (Wildman–Crippen LogP) is 9.05. The molecule has 49 heavy (non-hydrogen) atoms. The Morgan fingerprint density at radius 1 is 1.00 bits per heavy atom. The summed E-state index contributed by atoms with van der Waals surface area (Å²) in [5.41, 5.74) is 1.13. The highest BCUT2D eigenvalue weighted by molar-refractivity contribution is 6.74. The van der Waals surface area contributed by atoms with Crippen LogP contribution in [0.2, 0.25) is 23.2 Å². The number of ether oxygens (including phenoxy) is 2. The fourth-order valence-corrected chi connectivity index (χ4v) is 5.86. The molecular formula is C34H37ClF4N6O3Si. The van der Waals surface area contributed by atoms with Gasteiger partial charge < -0.3 is 19.2 Å². The minimum absolute atomic E-state index is 0.0931. The molecule has 0 aliphatic heterocycles. The van der Waals surface area contributed by atoms with E-state index in [-0.39, 0.29) is 28.7 Å². The summed E-state index contributed by atoms with van der Waals surface area (Å²) >= 11 is 6.39. The van der Waals surface area contributed by atoms with Crippen molar-refractivity contribution in [2.75, 3.05) is 25.1 Å². The van der Waals surface area contributed by atoms with E-state index in [1.807, 2.05) is 0 Å². The van der Waals surface area contributed by atoms with E-state index in [9.17, 15) is 8.78 Å². The minimum Gasteiger partial charge on any atom is -0.488 e. The zero-order valence-corrected chi connectivity index (χ0v) is 29.5. The number of rotatable bonds is 14. The van der Waals surface area contributed by atoms with Crippen molar-refractivity contribution >= 4 is 42.3 Å². The molecule has 0 saturated carbocycles. The summed E-state index contributed by atoms with van der Waals surface area (Å²) in [6, 6.07) is 10.6. The van der Waals surface area contributed by atoms with Gasteiger partial charge in [0.1, 0.15) is 29.7 Å². The summed E-state index contributed by atoms with van der Waals surface area (Å²) in [4.78, 5) is 13.3. The minimum atomic E-state index is -2.79. The van der Waals surface area contributed by atoms with Gasteiger partial charge in [0.25, 0.3) is 6.43 Å². The fourth-order valence-electron chi connectivity index (χ4n) is 4.61. The molecule has 0 bridgehead atoms. The van der Waals surface area contributed by atoms with E-state index in [1.165, 1.54) is 17.1 Å². The zero-order valence-electron chi connectivity index (χ0n) is 27.7. The predicted molar refractivity (Wildman–Crippen MR) is 184 cm³/mol. The van der Waals surface area contributed by atoms with Crippen LogP contribution in [0.4, 0.5) is 29.1 Å². The first-order valence-electron chi connectivity index (χ1n) is 15.6. The van der Waals surface area contributed by atoms with E-state index in [4.69, 9.17) is 30.5 Å². The van der Waals surface area contributed by atoms with Crippen LogP contribution in [0, 0.1) is 11.6 Å². The van der Waals surface area contributed by atoms with Crippen LogP contribution in [0.3, 0.4) is 0 Å². The average molecular weight is 717 g/mol. The number of fused-ring (bicyclic) bond motifs is 1. The molecule has 9 nitrogen and oxygen atoms in total. The maximum absolute atomic E-state index is 15.0. The summed E-state index contributed by atoms with van der Waals surface area (Å²) in [5, 5.41) is 8.94. The largest absolute Gasteiger partial charge is 0.488 e. The van der Waals surface area contributed by atoms with Crippen LogP contribution in [-0.2, 0) is 11.0 Å². The van der Waals surface area contributed by atoms with Gasteiger partial charge in [-0.2, -0.15) is 5.10 Å². The Hall–Kier alpha value is -4.27. The molecule has 0 fully saturated rings. The van der Waals surface area contributed by atoms with Gasteiger partial charge in [-0.15, -0.1) is 0 Å². The molecule has 0 amide bonds. The molecule has 15 heteroatoms. The number of para-hydroxylation sites is 1. The van der Waals surface area contributed by atoms with Crippen molar-refractivity contribution in [1.29, 1.82) is 0 Å². The van der Waals surface area contributed by atoms with Crippen molar-refractivity contribution in [2.45, 2.75) is 58.3 Å². The van der Waals surface area contributed by atoms with Crippen LogP contribution < -0.4 is 14.8 Å². The summed E-state index contributed by atoms with van der Waals surface area (Å²) in [6.07, 6.45) is 2.47. The monoisotopic (exact) mass is 716 g/mol. The Bertz CT molecular complexity index is 1900. The number of aromatic nitrogens is 5. The van der Waals surface area contributed by atoms with E-state index in [0.29, 0.717) is 58.5 Å². The Balaban J connectivity index is 1.44.